The van der Waals surface area contributed by atoms with Gasteiger partial charge in [-0.05, 0) is 33.9 Å². The van der Waals surface area contributed by atoms with E-state index in [-0.39, 0.29) is 0 Å². The molecular weight excluding hydrogens is 284 g/mol. The van der Waals surface area contributed by atoms with Crippen molar-refractivity contribution >= 4 is 16.5 Å². The predicted molar refractivity (Wildman–Crippen MR) is 89.4 cm³/mol. The molecule has 0 bridgehead atoms. The van der Waals surface area contributed by atoms with Gasteiger partial charge in [-0.1, -0.05) is 0 Å². The summed E-state index contributed by atoms with van der Waals surface area (Å²) in [6.45, 7) is 10.3. The van der Waals surface area contributed by atoms with Crippen LogP contribution >= 0.6 is 11.3 Å². The average molecular weight is 312 g/mol. The summed E-state index contributed by atoms with van der Waals surface area (Å²) >= 11 is 1.83. The minimum Gasteiger partial charge on any atom is -0.383 e. The fourth-order valence-corrected chi connectivity index (χ4v) is 3.89. The zero-order valence-electron chi connectivity index (χ0n) is 13.7. The van der Waals surface area contributed by atoms with Gasteiger partial charge in [-0.2, -0.15) is 0 Å². The second-order valence-electron chi connectivity index (χ2n) is 5.83. The molecule has 1 saturated heterocycles. The normalized spacial score (nSPS) is 20.8. The first-order valence-corrected chi connectivity index (χ1v) is 8.54. The summed E-state index contributed by atoms with van der Waals surface area (Å²) in [5.41, 5.74) is 1.16. The highest BCUT2D eigenvalue weighted by Gasteiger charge is 2.23. The standard InChI is InChI=1S/C15H28N4OS/c1-12-11-18(3)7-5-8-19(12)15-17-13(2)14(21-15)10-16-6-9-20-4/h12,16H,5-11H2,1-4H3. The van der Waals surface area contributed by atoms with Crippen molar-refractivity contribution < 1.29 is 4.74 Å². The molecule has 120 valence electrons. The van der Waals surface area contributed by atoms with Crippen molar-refractivity contribution in [3.63, 3.8) is 0 Å². The summed E-state index contributed by atoms with van der Waals surface area (Å²) in [5, 5.41) is 4.59. The molecule has 1 aliphatic heterocycles. The van der Waals surface area contributed by atoms with Crippen LogP contribution in [0, 0.1) is 6.92 Å². The molecule has 6 heteroatoms. The van der Waals surface area contributed by atoms with Crippen LogP contribution in [0.1, 0.15) is 23.9 Å². The van der Waals surface area contributed by atoms with Crippen LogP contribution in [-0.2, 0) is 11.3 Å². The lowest BCUT2D eigenvalue weighted by molar-refractivity contribution is 0.199. The maximum Gasteiger partial charge on any atom is 0.186 e. The first-order valence-electron chi connectivity index (χ1n) is 7.73. The second kappa shape index (κ2) is 8.08. The Morgan fingerprint density at radius 2 is 2.24 bits per heavy atom. The van der Waals surface area contributed by atoms with Gasteiger partial charge in [-0.25, -0.2) is 4.98 Å². The quantitative estimate of drug-likeness (QED) is 0.810. The molecule has 0 amide bonds. The molecule has 1 atom stereocenters. The van der Waals surface area contributed by atoms with Crippen molar-refractivity contribution in [1.82, 2.24) is 15.2 Å². The van der Waals surface area contributed by atoms with Crippen LogP contribution in [0.4, 0.5) is 5.13 Å². The molecule has 2 rings (SSSR count). The maximum absolute atomic E-state index is 5.06. The van der Waals surface area contributed by atoms with E-state index < -0.39 is 0 Å². The van der Waals surface area contributed by atoms with Gasteiger partial charge in [0.2, 0.25) is 0 Å². The number of rotatable bonds is 6. The molecule has 0 aromatic carbocycles. The molecule has 0 spiro atoms. The van der Waals surface area contributed by atoms with Crippen LogP contribution in [0.2, 0.25) is 0 Å². The van der Waals surface area contributed by atoms with E-state index >= 15 is 0 Å². The van der Waals surface area contributed by atoms with Crippen molar-refractivity contribution in [2.24, 2.45) is 0 Å². The lowest BCUT2D eigenvalue weighted by Gasteiger charge is -2.27. The van der Waals surface area contributed by atoms with Gasteiger partial charge in [0, 0.05) is 44.2 Å². The van der Waals surface area contributed by atoms with E-state index in [0.29, 0.717) is 6.04 Å². The molecule has 2 heterocycles. The van der Waals surface area contributed by atoms with E-state index in [1.165, 1.54) is 23.0 Å². The summed E-state index contributed by atoms with van der Waals surface area (Å²) in [7, 11) is 3.94. The number of thiazole rings is 1. The van der Waals surface area contributed by atoms with Crippen molar-refractivity contribution in [1.29, 1.82) is 0 Å². The number of hydrogen-bond donors (Lipinski definition) is 1. The smallest absolute Gasteiger partial charge is 0.186 e. The molecular formula is C15H28N4OS. The average Bonchev–Trinajstić information content (AvgIpc) is 2.71. The van der Waals surface area contributed by atoms with Crippen molar-refractivity contribution in [2.75, 3.05) is 51.8 Å². The minimum absolute atomic E-state index is 0.525. The highest BCUT2D eigenvalue weighted by Crippen LogP contribution is 2.28. The Balaban J connectivity index is 1.99. The first kappa shape index (κ1) is 16.7. The molecule has 1 N–H and O–H groups in total. The van der Waals surface area contributed by atoms with Gasteiger partial charge >= 0.3 is 0 Å². The zero-order chi connectivity index (χ0) is 15.2. The fourth-order valence-electron chi connectivity index (χ4n) is 2.73. The number of nitrogens with zero attached hydrogens (tertiary/aromatic N) is 3. The number of hydrogen-bond acceptors (Lipinski definition) is 6. The number of likely N-dealkylation sites (N-methyl/N-ethyl adjacent to an activating group) is 1. The van der Waals surface area contributed by atoms with Gasteiger partial charge in [0.1, 0.15) is 0 Å². The van der Waals surface area contributed by atoms with Gasteiger partial charge < -0.3 is 19.9 Å². The molecule has 0 saturated carbocycles. The van der Waals surface area contributed by atoms with Crippen molar-refractivity contribution in [2.45, 2.75) is 32.9 Å². The molecule has 1 aromatic rings. The second-order valence-corrected chi connectivity index (χ2v) is 6.89. The largest absolute Gasteiger partial charge is 0.383 e. The van der Waals surface area contributed by atoms with Crippen LogP contribution in [0.3, 0.4) is 0 Å². The Morgan fingerprint density at radius 3 is 3.00 bits per heavy atom. The van der Waals surface area contributed by atoms with Gasteiger partial charge in [0.15, 0.2) is 5.13 Å². The van der Waals surface area contributed by atoms with Gasteiger partial charge in [-0.3, -0.25) is 0 Å². The molecule has 1 aromatic heterocycles. The molecule has 0 aliphatic carbocycles. The molecule has 21 heavy (non-hydrogen) atoms. The zero-order valence-corrected chi connectivity index (χ0v) is 14.5. The topological polar surface area (TPSA) is 40.6 Å². The lowest BCUT2D eigenvalue weighted by atomic mass is 10.3. The Kier molecular flexibility index (Phi) is 6.41. The van der Waals surface area contributed by atoms with Crippen molar-refractivity contribution in [3.05, 3.63) is 10.6 Å². The third-order valence-corrected chi connectivity index (χ3v) is 5.14. The fraction of sp³-hybridized carbons (Fsp3) is 0.800. The van der Waals surface area contributed by atoms with Crippen LogP contribution < -0.4 is 10.2 Å². The Morgan fingerprint density at radius 1 is 1.43 bits per heavy atom. The summed E-state index contributed by atoms with van der Waals surface area (Å²) in [4.78, 5) is 11.0. The first-order chi connectivity index (χ1) is 10.1. The van der Waals surface area contributed by atoms with Crippen molar-refractivity contribution in [3.8, 4) is 0 Å². The van der Waals surface area contributed by atoms with Crippen LogP contribution in [0.5, 0.6) is 0 Å². The summed E-state index contributed by atoms with van der Waals surface area (Å²) in [6.07, 6.45) is 1.21. The number of anilines is 1. The monoisotopic (exact) mass is 312 g/mol. The molecule has 1 fully saturated rings. The Labute approximate surface area is 132 Å². The highest BCUT2D eigenvalue weighted by atomic mass is 32.1. The number of aromatic nitrogens is 1. The summed E-state index contributed by atoms with van der Waals surface area (Å²) in [6, 6.07) is 0.525. The molecule has 1 aliphatic rings. The maximum atomic E-state index is 5.06. The lowest BCUT2D eigenvalue weighted by Crippen LogP contribution is -2.37. The van der Waals surface area contributed by atoms with E-state index in [2.05, 4.69) is 36.0 Å². The van der Waals surface area contributed by atoms with Crippen LogP contribution in [-0.4, -0.2) is 62.9 Å². The Hall–Kier alpha value is -0.690. The predicted octanol–water partition coefficient (Wildman–Crippen LogP) is 1.72. The van der Waals surface area contributed by atoms with Gasteiger partial charge in [0.25, 0.3) is 0 Å². The van der Waals surface area contributed by atoms with Crippen LogP contribution in [0.25, 0.3) is 0 Å². The van der Waals surface area contributed by atoms with E-state index in [4.69, 9.17) is 9.72 Å². The van der Waals surface area contributed by atoms with E-state index in [1.807, 2.05) is 11.3 Å². The third-order valence-electron chi connectivity index (χ3n) is 3.94. The van der Waals surface area contributed by atoms with E-state index in [1.54, 1.807) is 7.11 Å². The number of methoxy groups -OCH3 is 1. The highest BCUT2D eigenvalue weighted by molar-refractivity contribution is 7.15. The summed E-state index contributed by atoms with van der Waals surface area (Å²) in [5.74, 6) is 0. The number of ether oxygens (including phenoxy) is 1. The number of aryl methyl sites for hydroxylation is 1. The minimum atomic E-state index is 0.525. The van der Waals surface area contributed by atoms with E-state index in [9.17, 15) is 0 Å². The molecule has 0 radical (unpaired) electrons. The van der Waals surface area contributed by atoms with Gasteiger partial charge in [0.05, 0.1) is 12.3 Å². The number of nitrogens with one attached hydrogen (secondary N) is 1. The third kappa shape index (κ3) is 4.64. The van der Waals surface area contributed by atoms with Gasteiger partial charge in [-0.15, -0.1) is 11.3 Å². The SMILES string of the molecule is COCCNCc1sc(N2CCCN(C)CC2C)nc1C. The Bertz CT molecular complexity index is 437. The van der Waals surface area contributed by atoms with Crippen LogP contribution in [0.15, 0.2) is 0 Å². The van der Waals surface area contributed by atoms with E-state index in [0.717, 1.165) is 38.5 Å². The molecule has 1 unspecified atom stereocenters. The molecule has 5 nitrogen and oxygen atoms in total. The summed E-state index contributed by atoms with van der Waals surface area (Å²) < 4.78 is 5.06.